The van der Waals surface area contributed by atoms with Crippen molar-refractivity contribution in [3.05, 3.63) is 206 Å². The first kappa shape index (κ1) is 34.0. The fourth-order valence-corrected chi connectivity index (χ4v) is 7.59. The van der Waals surface area contributed by atoms with Crippen molar-refractivity contribution in [1.29, 1.82) is 0 Å². The lowest BCUT2D eigenvalue weighted by atomic mass is 10.00. The number of nitrogens with zero attached hydrogens (tertiary/aromatic N) is 4. The van der Waals surface area contributed by atoms with Crippen molar-refractivity contribution < 1.29 is 8.78 Å². The average Bonchev–Trinajstić information content (AvgIpc) is 3.61. The molecule has 270 valence electrons. The number of hydrogen-bond donors (Lipinski definition) is 0. The molecule has 10 aromatic rings. The average molecular weight is 739 g/mol. The highest BCUT2D eigenvalue weighted by atomic mass is 19.2. The zero-order valence-electron chi connectivity index (χ0n) is 30.5. The van der Waals surface area contributed by atoms with E-state index in [2.05, 4.69) is 65.2 Å². The molecule has 2 aromatic heterocycles. The Bertz CT molecular complexity index is 2920. The summed E-state index contributed by atoms with van der Waals surface area (Å²) in [6.45, 7) is 0. The Labute approximate surface area is 328 Å². The van der Waals surface area contributed by atoms with Gasteiger partial charge in [-0.15, -0.1) is 0 Å². The third-order valence-corrected chi connectivity index (χ3v) is 10.4. The van der Waals surface area contributed by atoms with E-state index in [1.807, 2.05) is 115 Å². The normalized spacial score (nSPS) is 11.3. The van der Waals surface area contributed by atoms with Gasteiger partial charge in [-0.25, -0.2) is 23.7 Å². The van der Waals surface area contributed by atoms with Crippen LogP contribution in [0.25, 0.3) is 95.0 Å². The van der Waals surface area contributed by atoms with Crippen LogP contribution >= 0.6 is 0 Å². The largest absolute Gasteiger partial charge is 0.308 e. The van der Waals surface area contributed by atoms with Crippen molar-refractivity contribution in [2.45, 2.75) is 0 Å². The molecule has 0 amide bonds. The molecule has 0 aliphatic rings. The smallest absolute Gasteiger partial charge is 0.166 e. The van der Waals surface area contributed by atoms with E-state index in [1.165, 1.54) is 6.07 Å². The molecule has 0 atom stereocenters. The molecule has 0 bridgehead atoms. The van der Waals surface area contributed by atoms with Crippen LogP contribution in [-0.4, -0.2) is 19.5 Å². The zero-order valence-corrected chi connectivity index (χ0v) is 30.5. The van der Waals surface area contributed by atoms with E-state index in [0.29, 0.717) is 34.2 Å². The molecule has 0 spiro atoms. The molecule has 57 heavy (non-hydrogen) atoms. The summed E-state index contributed by atoms with van der Waals surface area (Å²) in [5.41, 5.74) is 10.8. The quantitative estimate of drug-likeness (QED) is 0.164. The molecule has 6 heteroatoms. The molecule has 0 radical (unpaired) electrons. The third kappa shape index (κ3) is 6.33. The number of rotatable bonds is 7. The van der Waals surface area contributed by atoms with Crippen LogP contribution in [0.4, 0.5) is 8.78 Å². The van der Waals surface area contributed by atoms with Crippen LogP contribution in [0.15, 0.2) is 194 Å². The van der Waals surface area contributed by atoms with E-state index in [1.54, 1.807) is 6.07 Å². The number of fused-ring (bicyclic) bond motifs is 3. The Balaban J connectivity index is 1.31. The summed E-state index contributed by atoms with van der Waals surface area (Å²) in [5, 5.41) is 2.18. The van der Waals surface area contributed by atoms with Crippen LogP contribution in [0.5, 0.6) is 0 Å². The van der Waals surface area contributed by atoms with Gasteiger partial charge in [0.05, 0.1) is 16.7 Å². The lowest BCUT2D eigenvalue weighted by Crippen LogP contribution is -2.04. The molecule has 2 heterocycles. The van der Waals surface area contributed by atoms with Gasteiger partial charge in [0.1, 0.15) is 0 Å². The number of benzene rings is 8. The zero-order chi connectivity index (χ0) is 38.3. The predicted octanol–water partition coefficient (Wildman–Crippen LogP) is 13.2. The Morgan fingerprint density at radius 3 is 1.21 bits per heavy atom. The predicted molar refractivity (Wildman–Crippen MR) is 227 cm³/mol. The van der Waals surface area contributed by atoms with Crippen molar-refractivity contribution in [2.24, 2.45) is 0 Å². The number of halogens is 2. The van der Waals surface area contributed by atoms with Gasteiger partial charge in [0, 0.05) is 27.5 Å². The summed E-state index contributed by atoms with van der Waals surface area (Å²) in [6.07, 6.45) is 0. The minimum atomic E-state index is -0.916. The highest BCUT2D eigenvalue weighted by Gasteiger charge is 2.22. The summed E-state index contributed by atoms with van der Waals surface area (Å²) in [5.74, 6) is -0.343. The molecule has 0 saturated heterocycles. The number of hydrogen-bond acceptors (Lipinski definition) is 3. The fourth-order valence-electron chi connectivity index (χ4n) is 7.59. The molecule has 4 nitrogen and oxygen atoms in total. The van der Waals surface area contributed by atoms with Gasteiger partial charge in [-0.2, -0.15) is 0 Å². The van der Waals surface area contributed by atoms with Gasteiger partial charge in [-0.05, 0) is 69.8 Å². The third-order valence-electron chi connectivity index (χ3n) is 10.4. The summed E-state index contributed by atoms with van der Waals surface area (Å²) in [6, 6.07) is 63.5. The van der Waals surface area contributed by atoms with Crippen LogP contribution in [0, 0.1) is 11.6 Å². The van der Waals surface area contributed by atoms with E-state index < -0.39 is 11.6 Å². The second-order valence-corrected chi connectivity index (χ2v) is 13.9. The van der Waals surface area contributed by atoms with E-state index >= 15 is 0 Å². The Kier molecular flexibility index (Phi) is 8.49. The minimum Gasteiger partial charge on any atom is -0.308 e. The van der Waals surface area contributed by atoms with E-state index in [0.717, 1.165) is 66.9 Å². The maximum atomic E-state index is 14.8. The van der Waals surface area contributed by atoms with Gasteiger partial charge >= 0.3 is 0 Å². The first-order valence-electron chi connectivity index (χ1n) is 18.7. The molecule has 10 rings (SSSR count). The Morgan fingerprint density at radius 2 is 0.719 bits per heavy atom. The van der Waals surface area contributed by atoms with Crippen LogP contribution in [-0.2, 0) is 0 Å². The SMILES string of the molecule is Fc1ccc(-c2ccc(-n3c4cc(-c5ccccc5)ccc4c4ccc(-c5ccccc5)cc43)c(-c3nc(-c4ccccc4)nc(-c4ccccc4)n3)c2)cc1F. The minimum absolute atomic E-state index is 0.440. The monoisotopic (exact) mass is 738 g/mol. The molecule has 0 aliphatic carbocycles. The lowest BCUT2D eigenvalue weighted by molar-refractivity contribution is 0.509. The molecular weight excluding hydrogens is 707 g/mol. The van der Waals surface area contributed by atoms with Crippen molar-refractivity contribution >= 4 is 21.8 Å². The van der Waals surface area contributed by atoms with Crippen LogP contribution in [0.2, 0.25) is 0 Å². The number of aromatic nitrogens is 4. The van der Waals surface area contributed by atoms with Gasteiger partial charge in [0.25, 0.3) is 0 Å². The Hall–Kier alpha value is -7.57. The molecular formula is C51H32F2N4. The molecule has 8 aromatic carbocycles. The lowest BCUT2D eigenvalue weighted by Gasteiger charge is -2.17. The van der Waals surface area contributed by atoms with Crippen molar-refractivity contribution in [1.82, 2.24) is 19.5 Å². The maximum Gasteiger partial charge on any atom is 0.166 e. The van der Waals surface area contributed by atoms with E-state index in [-0.39, 0.29) is 0 Å². The Morgan fingerprint density at radius 1 is 0.316 bits per heavy atom. The molecule has 0 fully saturated rings. The maximum absolute atomic E-state index is 14.8. The molecule has 0 aliphatic heterocycles. The summed E-state index contributed by atoms with van der Waals surface area (Å²) in [4.78, 5) is 15.3. The summed E-state index contributed by atoms with van der Waals surface area (Å²) in [7, 11) is 0. The summed E-state index contributed by atoms with van der Waals surface area (Å²) >= 11 is 0. The van der Waals surface area contributed by atoms with Crippen LogP contribution < -0.4 is 0 Å². The van der Waals surface area contributed by atoms with E-state index in [9.17, 15) is 8.78 Å². The highest BCUT2D eigenvalue weighted by Crippen LogP contribution is 2.41. The fraction of sp³-hybridized carbons (Fsp3) is 0. The first-order valence-corrected chi connectivity index (χ1v) is 18.7. The van der Waals surface area contributed by atoms with Crippen molar-refractivity contribution in [3.8, 4) is 73.2 Å². The van der Waals surface area contributed by atoms with Crippen LogP contribution in [0.3, 0.4) is 0 Å². The second-order valence-electron chi connectivity index (χ2n) is 13.9. The van der Waals surface area contributed by atoms with Gasteiger partial charge in [0.2, 0.25) is 0 Å². The molecule has 0 unspecified atom stereocenters. The second kappa shape index (κ2) is 14.3. The van der Waals surface area contributed by atoms with Gasteiger partial charge in [0.15, 0.2) is 29.1 Å². The summed E-state index contributed by atoms with van der Waals surface area (Å²) < 4.78 is 31.3. The van der Waals surface area contributed by atoms with Gasteiger partial charge < -0.3 is 4.57 Å². The van der Waals surface area contributed by atoms with E-state index in [4.69, 9.17) is 15.0 Å². The topological polar surface area (TPSA) is 43.6 Å². The highest BCUT2D eigenvalue weighted by molar-refractivity contribution is 6.11. The molecule has 0 saturated carbocycles. The van der Waals surface area contributed by atoms with Gasteiger partial charge in [-0.1, -0.05) is 158 Å². The van der Waals surface area contributed by atoms with Crippen LogP contribution in [0.1, 0.15) is 0 Å². The molecule has 0 N–H and O–H groups in total. The van der Waals surface area contributed by atoms with Gasteiger partial charge in [-0.3, -0.25) is 0 Å². The van der Waals surface area contributed by atoms with Crippen molar-refractivity contribution in [3.63, 3.8) is 0 Å². The standard InChI is InChI=1S/C51H32F2N4/c52-44-27-23-38(30-45(44)53)37-24-28-46(43(29-37)51-55-49(35-17-9-3-10-18-35)54-50(56-51)36-19-11-4-12-20-36)57-47-31-39(33-13-5-1-6-14-33)21-25-41(47)42-26-22-40(32-48(42)57)34-15-7-2-8-16-34/h1-32H. The first-order chi connectivity index (χ1) is 28.1. The van der Waals surface area contributed by atoms with Crippen molar-refractivity contribution in [2.75, 3.05) is 0 Å².